The molecular formula is C16H30N2S. The van der Waals surface area contributed by atoms with Gasteiger partial charge in [0.05, 0.1) is 11.2 Å². The first kappa shape index (κ1) is 16.6. The predicted molar refractivity (Wildman–Crippen MR) is 85.5 cm³/mol. The van der Waals surface area contributed by atoms with Gasteiger partial charge in [0.2, 0.25) is 0 Å². The van der Waals surface area contributed by atoms with Crippen molar-refractivity contribution in [3.63, 3.8) is 0 Å². The molecule has 3 heteroatoms. The Balaban J connectivity index is 1.83. The average Bonchev–Trinajstić information content (AvgIpc) is 2.95. The van der Waals surface area contributed by atoms with Crippen molar-refractivity contribution in [1.29, 1.82) is 0 Å². The largest absolute Gasteiger partial charge is 0.323 e. The van der Waals surface area contributed by atoms with Crippen molar-refractivity contribution in [2.24, 2.45) is 5.73 Å². The summed E-state index contributed by atoms with van der Waals surface area (Å²) in [4.78, 5) is 4.27. The second-order valence-corrected chi connectivity index (χ2v) is 6.21. The van der Waals surface area contributed by atoms with Crippen molar-refractivity contribution in [3.05, 3.63) is 16.6 Å². The third kappa shape index (κ3) is 8.38. The molecule has 0 aromatic carbocycles. The van der Waals surface area contributed by atoms with E-state index in [2.05, 4.69) is 17.3 Å². The molecule has 2 N–H and O–H groups in total. The zero-order valence-electron chi connectivity index (χ0n) is 12.4. The van der Waals surface area contributed by atoms with E-state index in [9.17, 15) is 0 Å². The first-order valence-electron chi connectivity index (χ1n) is 7.98. The van der Waals surface area contributed by atoms with Gasteiger partial charge >= 0.3 is 0 Å². The van der Waals surface area contributed by atoms with Gasteiger partial charge in [-0.15, -0.1) is 11.3 Å². The molecule has 19 heavy (non-hydrogen) atoms. The van der Waals surface area contributed by atoms with E-state index < -0.39 is 0 Å². The third-order valence-electron chi connectivity index (χ3n) is 3.70. The number of hydrogen-bond donors (Lipinski definition) is 1. The summed E-state index contributed by atoms with van der Waals surface area (Å²) in [5.74, 6) is 0. The number of aromatic nitrogens is 1. The van der Waals surface area contributed by atoms with Gasteiger partial charge in [-0.3, -0.25) is 0 Å². The molecule has 1 atom stereocenters. The first-order valence-corrected chi connectivity index (χ1v) is 8.92. The second kappa shape index (κ2) is 11.4. The van der Waals surface area contributed by atoms with E-state index in [1.165, 1.54) is 64.2 Å². The van der Waals surface area contributed by atoms with E-state index in [1.54, 1.807) is 11.3 Å². The Morgan fingerprint density at radius 1 is 1.00 bits per heavy atom. The Morgan fingerprint density at radius 2 is 1.58 bits per heavy atom. The van der Waals surface area contributed by atoms with Crippen LogP contribution in [-0.4, -0.2) is 4.98 Å². The van der Waals surface area contributed by atoms with Gasteiger partial charge in [0.1, 0.15) is 0 Å². The maximum atomic E-state index is 6.09. The molecule has 0 spiro atoms. The standard InChI is InChI=1S/C16H30N2S/c1-2-3-4-5-6-7-8-9-10-11-12-15(17)16-13-19-14-18-16/h13-15H,2-12,17H2,1H3. The normalized spacial score (nSPS) is 12.7. The molecule has 0 radical (unpaired) electrons. The number of hydrogen-bond acceptors (Lipinski definition) is 3. The molecule has 0 fully saturated rings. The van der Waals surface area contributed by atoms with Crippen LogP contribution >= 0.6 is 11.3 Å². The molecule has 0 bridgehead atoms. The van der Waals surface area contributed by atoms with Crippen molar-refractivity contribution in [2.45, 2.75) is 83.6 Å². The molecule has 0 amide bonds. The van der Waals surface area contributed by atoms with E-state index in [0.29, 0.717) is 0 Å². The molecule has 0 aliphatic rings. The molecule has 1 heterocycles. The van der Waals surface area contributed by atoms with Gasteiger partial charge in [-0.1, -0.05) is 71.1 Å². The average molecular weight is 282 g/mol. The lowest BCUT2D eigenvalue weighted by Gasteiger charge is -2.08. The summed E-state index contributed by atoms with van der Waals surface area (Å²) >= 11 is 1.64. The summed E-state index contributed by atoms with van der Waals surface area (Å²) in [5.41, 5.74) is 9.03. The first-order chi connectivity index (χ1) is 9.34. The number of thiazole rings is 1. The minimum absolute atomic E-state index is 0.153. The van der Waals surface area contributed by atoms with Gasteiger partial charge in [0, 0.05) is 11.4 Å². The van der Waals surface area contributed by atoms with Crippen molar-refractivity contribution in [3.8, 4) is 0 Å². The highest BCUT2D eigenvalue weighted by atomic mass is 32.1. The molecule has 110 valence electrons. The predicted octanol–water partition coefficient (Wildman–Crippen LogP) is 5.45. The van der Waals surface area contributed by atoms with Crippen LogP contribution in [0.3, 0.4) is 0 Å². The van der Waals surface area contributed by atoms with Crippen LogP contribution in [-0.2, 0) is 0 Å². The molecular weight excluding hydrogens is 252 g/mol. The highest BCUT2D eigenvalue weighted by Crippen LogP contribution is 2.18. The molecule has 0 aliphatic heterocycles. The van der Waals surface area contributed by atoms with Gasteiger partial charge < -0.3 is 5.73 Å². The van der Waals surface area contributed by atoms with Crippen LogP contribution in [0.25, 0.3) is 0 Å². The van der Waals surface area contributed by atoms with Crippen LogP contribution in [0.15, 0.2) is 10.9 Å². The lowest BCUT2D eigenvalue weighted by molar-refractivity contribution is 0.526. The summed E-state index contributed by atoms with van der Waals surface area (Å²) < 4.78 is 0. The Hall–Kier alpha value is -0.410. The van der Waals surface area contributed by atoms with Crippen LogP contribution in [0.1, 0.15) is 89.3 Å². The number of nitrogens with zero attached hydrogens (tertiary/aromatic N) is 1. The molecule has 1 aromatic rings. The molecule has 2 nitrogen and oxygen atoms in total. The van der Waals surface area contributed by atoms with Crippen molar-refractivity contribution < 1.29 is 0 Å². The van der Waals surface area contributed by atoms with Crippen molar-refractivity contribution in [1.82, 2.24) is 4.98 Å². The van der Waals surface area contributed by atoms with Crippen molar-refractivity contribution >= 4 is 11.3 Å². The Kier molecular flexibility index (Phi) is 10.0. The number of rotatable bonds is 12. The SMILES string of the molecule is CCCCCCCCCCCCC(N)c1cscn1. The highest BCUT2D eigenvalue weighted by Gasteiger charge is 2.06. The minimum Gasteiger partial charge on any atom is -0.323 e. The fourth-order valence-corrected chi connectivity index (χ4v) is 3.02. The Labute approximate surface area is 122 Å². The molecule has 0 saturated heterocycles. The monoisotopic (exact) mass is 282 g/mol. The summed E-state index contributed by atoms with van der Waals surface area (Å²) in [7, 11) is 0. The lowest BCUT2D eigenvalue weighted by atomic mass is 10.0. The van der Waals surface area contributed by atoms with E-state index >= 15 is 0 Å². The number of unbranched alkanes of at least 4 members (excludes halogenated alkanes) is 9. The molecule has 1 unspecified atom stereocenters. The van der Waals surface area contributed by atoms with Crippen LogP contribution in [0.4, 0.5) is 0 Å². The quantitative estimate of drug-likeness (QED) is 0.517. The molecule has 1 aromatic heterocycles. The van der Waals surface area contributed by atoms with Crippen LogP contribution in [0, 0.1) is 0 Å². The maximum absolute atomic E-state index is 6.09. The fraction of sp³-hybridized carbons (Fsp3) is 0.812. The van der Waals surface area contributed by atoms with Gasteiger partial charge in [0.15, 0.2) is 0 Å². The smallest absolute Gasteiger partial charge is 0.0795 e. The summed E-state index contributed by atoms with van der Waals surface area (Å²) in [5, 5.41) is 2.07. The lowest BCUT2D eigenvalue weighted by Crippen LogP contribution is -2.10. The van der Waals surface area contributed by atoms with Gasteiger partial charge in [-0.05, 0) is 6.42 Å². The van der Waals surface area contributed by atoms with Crippen LogP contribution in [0.2, 0.25) is 0 Å². The Bertz CT molecular complexity index is 285. The molecule has 0 saturated carbocycles. The molecule has 1 rings (SSSR count). The van der Waals surface area contributed by atoms with E-state index in [-0.39, 0.29) is 6.04 Å². The second-order valence-electron chi connectivity index (χ2n) is 5.49. The van der Waals surface area contributed by atoms with E-state index in [1.807, 2.05) is 5.51 Å². The van der Waals surface area contributed by atoms with Crippen LogP contribution < -0.4 is 5.73 Å². The minimum atomic E-state index is 0.153. The van der Waals surface area contributed by atoms with Crippen LogP contribution in [0.5, 0.6) is 0 Å². The Morgan fingerprint density at radius 3 is 2.11 bits per heavy atom. The summed E-state index contributed by atoms with van der Waals surface area (Å²) in [6.07, 6.45) is 14.9. The third-order valence-corrected chi connectivity index (χ3v) is 4.30. The van der Waals surface area contributed by atoms with E-state index in [0.717, 1.165) is 12.1 Å². The molecule has 0 aliphatic carbocycles. The van der Waals surface area contributed by atoms with Crippen molar-refractivity contribution in [2.75, 3.05) is 0 Å². The fourth-order valence-electron chi connectivity index (χ4n) is 2.40. The number of nitrogens with two attached hydrogens (primary N) is 1. The van der Waals surface area contributed by atoms with Gasteiger partial charge in [0.25, 0.3) is 0 Å². The zero-order chi connectivity index (χ0) is 13.8. The van der Waals surface area contributed by atoms with Gasteiger partial charge in [-0.25, -0.2) is 4.98 Å². The topological polar surface area (TPSA) is 38.9 Å². The van der Waals surface area contributed by atoms with Gasteiger partial charge in [-0.2, -0.15) is 0 Å². The highest BCUT2D eigenvalue weighted by molar-refractivity contribution is 7.07. The van der Waals surface area contributed by atoms with E-state index in [4.69, 9.17) is 5.73 Å². The summed E-state index contributed by atoms with van der Waals surface area (Å²) in [6, 6.07) is 0.153. The zero-order valence-corrected chi connectivity index (χ0v) is 13.3. The maximum Gasteiger partial charge on any atom is 0.0795 e. The summed E-state index contributed by atoms with van der Waals surface area (Å²) in [6.45, 7) is 2.27.